The van der Waals surface area contributed by atoms with Gasteiger partial charge < -0.3 is 10.1 Å². The number of carbonyl (C=O) groups is 1. The molecule has 0 aliphatic carbocycles. The van der Waals surface area contributed by atoms with Crippen molar-refractivity contribution >= 4 is 5.91 Å². The van der Waals surface area contributed by atoms with Crippen LogP contribution < -0.4 is 5.32 Å². The smallest absolute Gasteiger partial charge is 0.218 e. The minimum atomic E-state index is -0.0521. The van der Waals surface area contributed by atoms with Crippen LogP contribution in [0.2, 0.25) is 0 Å². The van der Waals surface area contributed by atoms with Crippen molar-refractivity contribution in [1.29, 1.82) is 0 Å². The number of ether oxygens (including phenoxy) is 1. The van der Waals surface area contributed by atoms with Crippen molar-refractivity contribution < 1.29 is 9.53 Å². The summed E-state index contributed by atoms with van der Waals surface area (Å²) in [6.07, 6.45) is 0. The van der Waals surface area contributed by atoms with Gasteiger partial charge in [-0.2, -0.15) is 0 Å². The van der Waals surface area contributed by atoms with E-state index < -0.39 is 0 Å². The first-order valence-electron chi connectivity index (χ1n) is 3.45. The zero-order chi connectivity index (χ0) is 7.98. The monoisotopic (exact) mass is 145 g/mol. The maximum Gasteiger partial charge on any atom is 0.218 e. The highest BCUT2D eigenvalue weighted by molar-refractivity contribution is 5.72. The summed E-state index contributed by atoms with van der Waals surface area (Å²) in [5.41, 5.74) is 0. The van der Waals surface area contributed by atoms with Crippen LogP contribution in [-0.2, 0) is 9.53 Å². The lowest BCUT2D eigenvalue weighted by molar-refractivity contribution is -0.120. The van der Waals surface area contributed by atoms with E-state index in [4.69, 9.17) is 4.74 Å². The Morgan fingerprint density at radius 2 is 2.20 bits per heavy atom. The summed E-state index contributed by atoms with van der Waals surface area (Å²) < 4.78 is 5.07. The molecule has 0 aliphatic heterocycles. The van der Waals surface area contributed by atoms with Gasteiger partial charge in [0.25, 0.3) is 0 Å². The van der Waals surface area contributed by atoms with E-state index in [1.54, 1.807) is 0 Å². The number of amides is 1. The molecule has 0 unspecified atom stereocenters. The first-order valence-corrected chi connectivity index (χ1v) is 3.45. The van der Waals surface area contributed by atoms with Crippen LogP contribution in [0.1, 0.15) is 20.8 Å². The lowest BCUT2D eigenvalue weighted by Crippen LogP contribution is -2.24. The molecule has 0 aliphatic rings. The maximum atomic E-state index is 10.3. The molecule has 0 saturated heterocycles. The Bertz CT molecular complexity index is 102. The third kappa shape index (κ3) is 7.43. The zero-order valence-electron chi connectivity index (χ0n) is 6.81. The summed E-state index contributed by atoms with van der Waals surface area (Å²) in [6, 6.07) is 0. The van der Waals surface area contributed by atoms with Gasteiger partial charge in [0.15, 0.2) is 0 Å². The van der Waals surface area contributed by atoms with Gasteiger partial charge in [0.1, 0.15) is 6.73 Å². The number of hydrogen-bond donors (Lipinski definition) is 1. The molecule has 0 atom stereocenters. The van der Waals surface area contributed by atoms with Crippen LogP contribution in [0.25, 0.3) is 0 Å². The second kappa shape index (κ2) is 5.23. The van der Waals surface area contributed by atoms with Gasteiger partial charge in [-0.1, -0.05) is 13.8 Å². The van der Waals surface area contributed by atoms with Crippen LogP contribution in [-0.4, -0.2) is 19.2 Å². The molecule has 60 valence electrons. The van der Waals surface area contributed by atoms with E-state index in [1.807, 2.05) is 0 Å². The molecule has 0 bridgehead atoms. The highest BCUT2D eigenvalue weighted by Gasteiger charge is 1.93. The van der Waals surface area contributed by atoms with Crippen LogP contribution in [0, 0.1) is 5.92 Å². The molecule has 3 heteroatoms. The third-order valence-electron chi connectivity index (χ3n) is 0.874. The lowest BCUT2D eigenvalue weighted by atomic mass is 10.2. The molecular weight excluding hydrogens is 130 g/mol. The molecule has 0 radical (unpaired) electrons. The SMILES string of the molecule is CC(=O)NCOCC(C)C. The first-order chi connectivity index (χ1) is 4.63. The number of hydrogen-bond acceptors (Lipinski definition) is 2. The molecule has 0 spiro atoms. The minimum Gasteiger partial charge on any atom is -0.361 e. The van der Waals surface area contributed by atoms with E-state index in [2.05, 4.69) is 19.2 Å². The van der Waals surface area contributed by atoms with Gasteiger partial charge in [-0.25, -0.2) is 0 Å². The van der Waals surface area contributed by atoms with Gasteiger partial charge in [-0.3, -0.25) is 4.79 Å². The Morgan fingerprint density at radius 1 is 1.60 bits per heavy atom. The highest BCUT2D eigenvalue weighted by Crippen LogP contribution is 1.90. The van der Waals surface area contributed by atoms with Crippen molar-refractivity contribution in [3.05, 3.63) is 0 Å². The quantitative estimate of drug-likeness (QED) is 0.468. The molecule has 0 fully saturated rings. The Kier molecular flexibility index (Phi) is 4.94. The zero-order valence-corrected chi connectivity index (χ0v) is 6.81. The van der Waals surface area contributed by atoms with E-state index in [0.717, 1.165) is 0 Å². The van der Waals surface area contributed by atoms with Crippen LogP contribution in [0.5, 0.6) is 0 Å². The molecule has 1 N–H and O–H groups in total. The van der Waals surface area contributed by atoms with Gasteiger partial charge in [0, 0.05) is 6.92 Å². The topological polar surface area (TPSA) is 38.3 Å². The van der Waals surface area contributed by atoms with E-state index >= 15 is 0 Å². The normalized spacial score (nSPS) is 10.0. The predicted octanol–water partition coefficient (Wildman–Crippen LogP) is 0.753. The maximum absolute atomic E-state index is 10.3. The van der Waals surface area contributed by atoms with Crippen LogP contribution >= 0.6 is 0 Å². The second-order valence-corrected chi connectivity index (χ2v) is 2.64. The first kappa shape index (κ1) is 9.43. The Balaban J connectivity index is 2.98. The highest BCUT2D eigenvalue weighted by atomic mass is 16.5. The molecule has 0 aromatic heterocycles. The van der Waals surface area contributed by atoms with Gasteiger partial charge in [0.05, 0.1) is 6.61 Å². The van der Waals surface area contributed by atoms with Gasteiger partial charge >= 0.3 is 0 Å². The van der Waals surface area contributed by atoms with E-state index in [0.29, 0.717) is 19.3 Å². The van der Waals surface area contributed by atoms with E-state index in [9.17, 15) is 4.79 Å². The summed E-state index contributed by atoms with van der Waals surface area (Å²) >= 11 is 0. The molecule has 0 aromatic rings. The lowest BCUT2D eigenvalue weighted by Gasteiger charge is -2.05. The predicted molar refractivity (Wildman–Crippen MR) is 39.5 cm³/mol. The molecular formula is C7H15NO2. The molecule has 0 rings (SSSR count). The molecule has 0 saturated carbocycles. The fraction of sp³-hybridized carbons (Fsp3) is 0.857. The summed E-state index contributed by atoms with van der Waals surface area (Å²) in [4.78, 5) is 10.3. The van der Waals surface area contributed by atoms with Gasteiger partial charge in [-0.15, -0.1) is 0 Å². The van der Waals surface area contributed by atoms with E-state index in [-0.39, 0.29) is 5.91 Å². The number of nitrogens with one attached hydrogen (secondary N) is 1. The Morgan fingerprint density at radius 3 is 2.60 bits per heavy atom. The van der Waals surface area contributed by atoms with Crippen molar-refractivity contribution in [1.82, 2.24) is 5.32 Å². The second-order valence-electron chi connectivity index (χ2n) is 2.64. The van der Waals surface area contributed by atoms with Crippen LogP contribution in [0.15, 0.2) is 0 Å². The standard InChI is InChI=1S/C7H15NO2/c1-6(2)4-10-5-8-7(3)9/h6H,4-5H2,1-3H3,(H,8,9). The Labute approximate surface area is 61.8 Å². The van der Waals surface area contributed by atoms with Gasteiger partial charge in [-0.05, 0) is 5.92 Å². The van der Waals surface area contributed by atoms with Crippen molar-refractivity contribution in [2.45, 2.75) is 20.8 Å². The van der Waals surface area contributed by atoms with Crippen molar-refractivity contribution in [2.24, 2.45) is 5.92 Å². The Hall–Kier alpha value is -0.570. The van der Waals surface area contributed by atoms with Crippen LogP contribution in [0.4, 0.5) is 0 Å². The molecule has 0 heterocycles. The minimum absolute atomic E-state index is 0.0521. The summed E-state index contributed by atoms with van der Waals surface area (Å²) in [6.45, 7) is 6.62. The fourth-order valence-electron chi connectivity index (χ4n) is 0.447. The number of carbonyl (C=O) groups excluding carboxylic acids is 1. The van der Waals surface area contributed by atoms with Crippen molar-refractivity contribution in [3.8, 4) is 0 Å². The average Bonchev–Trinajstić information content (AvgIpc) is 1.79. The molecule has 0 aromatic carbocycles. The fourth-order valence-corrected chi connectivity index (χ4v) is 0.447. The van der Waals surface area contributed by atoms with Crippen molar-refractivity contribution in [3.63, 3.8) is 0 Å². The summed E-state index contributed by atoms with van der Waals surface area (Å²) in [5, 5.41) is 2.54. The van der Waals surface area contributed by atoms with Crippen LogP contribution in [0.3, 0.4) is 0 Å². The number of rotatable bonds is 4. The largest absolute Gasteiger partial charge is 0.361 e. The molecule has 3 nitrogen and oxygen atoms in total. The van der Waals surface area contributed by atoms with Gasteiger partial charge in [0.2, 0.25) is 5.91 Å². The molecule has 1 amide bonds. The summed E-state index contributed by atoms with van der Waals surface area (Å²) in [7, 11) is 0. The average molecular weight is 145 g/mol. The third-order valence-corrected chi connectivity index (χ3v) is 0.874. The van der Waals surface area contributed by atoms with Crippen molar-refractivity contribution in [2.75, 3.05) is 13.3 Å². The summed E-state index contributed by atoms with van der Waals surface area (Å²) in [5.74, 6) is 0.470. The molecule has 10 heavy (non-hydrogen) atoms. The van der Waals surface area contributed by atoms with E-state index in [1.165, 1.54) is 6.92 Å².